The van der Waals surface area contributed by atoms with Crippen molar-refractivity contribution in [2.24, 2.45) is 11.5 Å². The van der Waals surface area contributed by atoms with E-state index in [1.807, 2.05) is 49.4 Å². The van der Waals surface area contributed by atoms with Crippen LogP contribution in [-0.2, 0) is 11.0 Å². The average Bonchev–Trinajstić information content (AvgIpc) is 3.82. The van der Waals surface area contributed by atoms with E-state index in [0.29, 0.717) is 0 Å². The van der Waals surface area contributed by atoms with Crippen LogP contribution in [0.25, 0.3) is 54.6 Å². The SMILES string of the molecule is CC(N)(c1ccccc1)c1ccc2oc3ccccc3c2c1.CN.Cc1ccc2c(c1)C1(c3ccccc3-2)c2cccc3ccc4cccc1c4c23. The molecule has 0 aliphatic heterocycles. The van der Waals surface area contributed by atoms with Gasteiger partial charge < -0.3 is 15.9 Å². The Bertz CT molecular complexity index is 2750. The van der Waals surface area contributed by atoms with Crippen molar-refractivity contribution in [3.05, 3.63) is 203 Å². The number of para-hydroxylation sites is 1. The van der Waals surface area contributed by atoms with Gasteiger partial charge in [0.1, 0.15) is 11.2 Å². The zero-order chi connectivity index (χ0) is 35.6. The topological polar surface area (TPSA) is 65.2 Å². The molecule has 3 nitrogen and oxygen atoms in total. The summed E-state index contributed by atoms with van der Waals surface area (Å²) in [6.45, 7) is 4.26. The van der Waals surface area contributed by atoms with E-state index in [2.05, 4.69) is 134 Å². The molecule has 0 bridgehead atoms. The molecule has 252 valence electrons. The molecule has 1 heterocycles. The molecule has 8 aromatic carbocycles. The third kappa shape index (κ3) is 4.46. The summed E-state index contributed by atoms with van der Waals surface area (Å²) in [7, 11) is 1.50. The molecule has 0 radical (unpaired) electrons. The smallest absolute Gasteiger partial charge is 0.135 e. The zero-order valence-electron chi connectivity index (χ0n) is 29.7. The first-order chi connectivity index (χ1) is 25.5. The van der Waals surface area contributed by atoms with Gasteiger partial charge in [-0.25, -0.2) is 0 Å². The average molecular weight is 673 g/mol. The van der Waals surface area contributed by atoms with E-state index in [1.54, 1.807) is 0 Å². The van der Waals surface area contributed by atoms with Crippen LogP contribution < -0.4 is 11.5 Å². The molecule has 1 atom stereocenters. The van der Waals surface area contributed by atoms with E-state index in [0.717, 1.165) is 33.1 Å². The van der Waals surface area contributed by atoms with Crippen LogP contribution in [-0.4, -0.2) is 7.05 Å². The van der Waals surface area contributed by atoms with Crippen LogP contribution >= 0.6 is 0 Å². The number of hydrogen-bond acceptors (Lipinski definition) is 3. The highest BCUT2D eigenvalue weighted by molar-refractivity contribution is 6.17. The van der Waals surface area contributed by atoms with Crippen LogP contribution in [0.3, 0.4) is 0 Å². The highest BCUT2D eigenvalue weighted by Crippen LogP contribution is 2.62. The van der Waals surface area contributed by atoms with Gasteiger partial charge in [0.2, 0.25) is 0 Å². The first kappa shape index (κ1) is 31.9. The van der Waals surface area contributed by atoms with Gasteiger partial charge in [0.05, 0.1) is 11.0 Å². The van der Waals surface area contributed by atoms with Gasteiger partial charge in [-0.1, -0.05) is 151 Å². The first-order valence-corrected chi connectivity index (χ1v) is 18.0. The quantitative estimate of drug-likeness (QED) is 0.180. The third-order valence-corrected chi connectivity index (χ3v) is 11.2. The molecule has 0 amide bonds. The Labute approximate surface area is 304 Å². The Hall–Kier alpha value is -6.00. The van der Waals surface area contributed by atoms with E-state index >= 15 is 0 Å². The second kappa shape index (κ2) is 12.1. The van der Waals surface area contributed by atoms with Crippen molar-refractivity contribution in [3.63, 3.8) is 0 Å². The van der Waals surface area contributed by atoms with Gasteiger partial charge in [0.25, 0.3) is 0 Å². The second-order valence-corrected chi connectivity index (χ2v) is 14.1. The third-order valence-electron chi connectivity index (χ3n) is 11.2. The summed E-state index contributed by atoms with van der Waals surface area (Å²) in [5, 5.41) is 7.78. The molecule has 9 aromatic rings. The van der Waals surface area contributed by atoms with Gasteiger partial charge in [-0.2, -0.15) is 0 Å². The largest absolute Gasteiger partial charge is 0.456 e. The van der Waals surface area contributed by atoms with Gasteiger partial charge >= 0.3 is 0 Å². The van der Waals surface area contributed by atoms with E-state index in [9.17, 15) is 0 Å². The summed E-state index contributed by atoms with van der Waals surface area (Å²) in [5.41, 5.74) is 24.2. The fourth-order valence-corrected chi connectivity index (χ4v) is 8.90. The molecular formula is C49H40N2O. The predicted octanol–water partition coefficient (Wildman–Crippen LogP) is 11.4. The molecule has 11 rings (SSSR count). The monoisotopic (exact) mass is 672 g/mol. The Morgan fingerprint density at radius 3 is 1.81 bits per heavy atom. The summed E-state index contributed by atoms with van der Waals surface area (Å²) in [6.07, 6.45) is 0. The van der Waals surface area contributed by atoms with Crippen LogP contribution in [0, 0.1) is 6.92 Å². The maximum atomic E-state index is 6.63. The number of hydrogen-bond donors (Lipinski definition) is 2. The summed E-state index contributed by atoms with van der Waals surface area (Å²) in [4.78, 5) is 0. The van der Waals surface area contributed by atoms with Gasteiger partial charge in [-0.05, 0) is 105 Å². The molecule has 0 fully saturated rings. The van der Waals surface area contributed by atoms with Gasteiger partial charge in [0, 0.05) is 10.8 Å². The number of furan rings is 1. The Morgan fingerprint density at radius 1 is 0.481 bits per heavy atom. The number of nitrogens with two attached hydrogens (primary N) is 2. The van der Waals surface area contributed by atoms with Crippen molar-refractivity contribution in [2.45, 2.75) is 24.8 Å². The van der Waals surface area contributed by atoms with Gasteiger partial charge in [-0.3, -0.25) is 0 Å². The number of rotatable bonds is 2. The Balaban J connectivity index is 0.000000136. The fraction of sp³-hybridized carbons (Fsp3) is 0.102. The Kier molecular flexibility index (Phi) is 7.41. The molecular weight excluding hydrogens is 633 g/mol. The second-order valence-electron chi connectivity index (χ2n) is 14.1. The number of benzene rings is 8. The summed E-state index contributed by atoms with van der Waals surface area (Å²) >= 11 is 0. The molecule has 3 heteroatoms. The van der Waals surface area contributed by atoms with E-state index in [4.69, 9.17) is 10.2 Å². The lowest BCUT2D eigenvalue weighted by Crippen LogP contribution is -2.34. The molecule has 1 spiro atoms. The van der Waals surface area contributed by atoms with Gasteiger partial charge in [0.15, 0.2) is 0 Å². The normalized spacial score (nSPS) is 14.2. The maximum Gasteiger partial charge on any atom is 0.135 e. The van der Waals surface area contributed by atoms with Crippen LogP contribution in [0.5, 0.6) is 0 Å². The lowest BCUT2D eigenvalue weighted by molar-refractivity contribution is 0.603. The molecule has 52 heavy (non-hydrogen) atoms. The fourth-order valence-electron chi connectivity index (χ4n) is 8.90. The maximum absolute atomic E-state index is 6.63. The predicted molar refractivity (Wildman–Crippen MR) is 218 cm³/mol. The molecule has 0 saturated heterocycles. The van der Waals surface area contributed by atoms with E-state index < -0.39 is 5.54 Å². The van der Waals surface area contributed by atoms with Crippen molar-refractivity contribution in [2.75, 3.05) is 7.05 Å². The zero-order valence-corrected chi connectivity index (χ0v) is 29.7. The lowest BCUT2D eigenvalue weighted by Gasteiger charge is -2.31. The minimum absolute atomic E-state index is 0.208. The molecule has 1 unspecified atom stereocenters. The summed E-state index contributed by atoms with van der Waals surface area (Å²) in [6, 6.07) is 58.7. The minimum Gasteiger partial charge on any atom is -0.456 e. The number of fused-ring (bicyclic) bond motifs is 10. The van der Waals surface area contributed by atoms with Crippen molar-refractivity contribution >= 4 is 43.5 Å². The van der Waals surface area contributed by atoms with Crippen molar-refractivity contribution in [1.29, 1.82) is 0 Å². The molecule has 4 N–H and O–H groups in total. The van der Waals surface area contributed by atoms with Crippen molar-refractivity contribution in [1.82, 2.24) is 0 Å². The first-order valence-electron chi connectivity index (χ1n) is 18.0. The molecule has 2 aliphatic rings. The summed E-state index contributed by atoms with van der Waals surface area (Å²) in [5.74, 6) is 0. The minimum atomic E-state index is -0.534. The Morgan fingerprint density at radius 2 is 1.08 bits per heavy atom. The van der Waals surface area contributed by atoms with Crippen LogP contribution in [0.2, 0.25) is 0 Å². The van der Waals surface area contributed by atoms with Crippen molar-refractivity contribution in [3.8, 4) is 11.1 Å². The van der Waals surface area contributed by atoms with E-state index in [1.165, 1.54) is 67.5 Å². The van der Waals surface area contributed by atoms with E-state index in [-0.39, 0.29) is 5.41 Å². The molecule has 1 aromatic heterocycles. The van der Waals surface area contributed by atoms with Gasteiger partial charge in [-0.15, -0.1) is 0 Å². The van der Waals surface area contributed by atoms with Crippen LogP contribution in [0.15, 0.2) is 168 Å². The number of aryl methyl sites for hydroxylation is 1. The van der Waals surface area contributed by atoms with Crippen LogP contribution in [0.1, 0.15) is 45.9 Å². The van der Waals surface area contributed by atoms with Crippen molar-refractivity contribution < 1.29 is 4.42 Å². The molecule has 2 aliphatic carbocycles. The highest BCUT2D eigenvalue weighted by atomic mass is 16.3. The lowest BCUT2D eigenvalue weighted by atomic mass is 9.70. The molecule has 0 saturated carbocycles. The van der Waals surface area contributed by atoms with Crippen LogP contribution in [0.4, 0.5) is 0 Å². The summed E-state index contributed by atoms with van der Waals surface area (Å²) < 4.78 is 5.88. The standard InChI is InChI=1S/C28H18.C20H17NO.CH5N/c1-17-12-15-21-20-8-2-3-9-22(20)28(25(21)16-17)23-10-4-6-18-13-14-19-7-5-11-24(28)27(19)26(18)23;1-20(21,14-7-3-2-4-8-14)15-11-12-19-17(13-15)16-9-5-6-10-18(16)22-19;1-2/h2-16H,1H3;2-13H,21H2,1H3;2H2,1H3. The highest BCUT2D eigenvalue weighted by Gasteiger charge is 2.50.